The number of carbonyl (C=O) groups excluding carboxylic acids is 1. The minimum absolute atomic E-state index is 0.0492. The van der Waals surface area contributed by atoms with Gasteiger partial charge in [-0.25, -0.2) is 4.98 Å². The zero-order chi connectivity index (χ0) is 17.8. The number of hydrogen-bond donors (Lipinski definition) is 2. The van der Waals surface area contributed by atoms with E-state index in [2.05, 4.69) is 25.4 Å². The molecule has 0 spiro atoms. The summed E-state index contributed by atoms with van der Waals surface area (Å²) in [5, 5.41) is 10.3. The summed E-state index contributed by atoms with van der Waals surface area (Å²) in [4.78, 5) is 18.8. The predicted octanol–water partition coefficient (Wildman–Crippen LogP) is 1.14. The average molecular weight is 347 g/mol. The van der Waals surface area contributed by atoms with Crippen LogP contribution < -0.4 is 5.32 Å². The monoisotopic (exact) mass is 347 g/mol. The number of amides is 1. The number of rotatable bonds is 6. The maximum atomic E-state index is 12.0. The maximum Gasteiger partial charge on any atom is 0.246 e. The standard InChI is InChI=1S/C17H25N5O3/c1-11-4-5-13(25-11)8-22-7-6-14(17-18-12(2)20-21-17)15(9-22)19-16(23)10-24-3/h4-5,14-15H,6-10H2,1-3H3,(H,19,23)(H,18,20,21)/t14-,15+/m0/s1. The summed E-state index contributed by atoms with van der Waals surface area (Å²) >= 11 is 0. The normalized spacial score (nSPS) is 21.4. The Morgan fingerprint density at radius 3 is 2.96 bits per heavy atom. The van der Waals surface area contributed by atoms with Crippen molar-refractivity contribution in [3.8, 4) is 0 Å². The van der Waals surface area contributed by atoms with Gasteiger partial charge in [0.2, 0.25) is 5.91 Å². The first-order valence-electron chi connectivity index (χ1n) is 8.50. The second-order valence-electron chi connectivity index (χ2n) is 6.53. The van der Waals surface area contributed by atoms with Crippen molar-refractivity contribution in [3.05, 3.63) is 35.3 Å². The fourth-order valence-corrected chi connectivity index (χ4v) is 3.31. The highest BCUT2D eigenvalue weighted by Crippen LogP contribution is 2.27. The van der Waals surface area contributed by atoms with Crippen LogP contribution in [0, 0.1) is 13.8 Å². The van der Waals surface area contributed by atoms with E-state index in [1.807, 2.05) is 26.0 Å². The van der Waals surface area contributed by atoms with E-state index in [1.165, 1.54) is 7.11 Å². The van der Waals surface area contributed by atoms with Crippen molar-refractivity contribution < 1.29 is 13.9 Å². The summed E-state index contributed by atoms with van der Waals surface area (Å²) < 4.78 is 10.6. The molecule has 0 aromatic carbocycles. The maximum absolute atomic E-state index is 12.0. The van der Waals surface area contributed by atoms with Gasteiger partial charge in [-0.05, 0) is 38.9 Å². The lowest BCUT2D eigenvalue weighted by molar-refractivity contribution is -0.126. The number of hydrogen-bond acceptors (Lipinski definition) is 6. The first-order chi connectivity index (χ1) is 12.0. The fraction of sp³-hybridized carbons (Fsp3) is 0.588. The van der Waals surface area contributed by atoms with Gasteiger partial charge in [-0.3, -0.25) is 14.8 Å². The number of aromatic amines is 1. The number of ether oxygens (including phenoxy) is 1. The molecule has 3 heterocycles. The SMILES string of the molecule is COCC(=O)N[C@@H]1CN(Cc2ccc(C)o2)CC[C@@H]1c1n[nH]c(C)n1. The number of aryl methyl sites for hydroxylation is 2. The second kappa shape index (κ2) is 7.79. The molecule has 1 saturated heterocycles. The molecule has 3 rings (SSSR count). The molecule has 0 bridgehead atoms. The molecule has 8 heteroatoms. The van der Waals surface area contributed by atoms with Crippen LogP contribution in [0.1, 0.15) is 35.5 Å². The number of methoxy groups -OCH3 is 1. The zero-order valence-corrected chi connectivity index (χ0v) is 14.9. The smallest absolute Gasteiger partial charge is 0.246 e. The molecular formula is C17H25N5O3. The molecule has 0 aliphatic carbocycles. The molecule has 0 radical (unpaired) electrons. The Bertz CT molecular complexity index is 711. The quantitative estimate of drug-likeness (QED) is 0.813. The van der Waals surface area contributed by atoms with Crippen LogP contribution in [0.5, 0.6) is 0 Å². The molecule has 2 aromatic rings. The minimum atomic E-state index is -0.125. The summed E-state index contributed by atoms with van der Waals surface area (Å²) in [7, 11) is 1.52. The molecule has 25 heavy (non-hydrogen) atoms. The van der Waals surface area contributed by atoms with E-state index in [0.29, 0.717) is 6.54 Å². The van der Waals surface area contributed by atoms with Crippen LogP contribution in [0.4, 0.5) is 0 Å². The van der Waals surface area contributed by atoms with E-state index in [-0.39, 0.29) is 24.5 Å². The Labute approximate surface area is 146 Å². The molecule has 0 unspecified atom stereocenters. The van der Waals surface area contributed by atoms with Gasteiger partial charge in [-0.2, -0.15) is 5.10 Å². The Balaban J connectivity index is 1.70. The molecule has 1 amide bonds. The molecule has 2 atom stereocenters. The Hall–Kier alpha value is -2.19. The molecule has 2 N–H and O–H groups in total. The van der Waals surface area contributed by atoms with Gasteiger partial charge in [0.25, 0.3) is 0 Å². The first kappa shape index (κ1) is 17.6. The highest BCUT2D eigenvalue weighted by atomic mass is 16.5. The Kier molecular flexibility index (Phi) is 5.50. The van der Waals surface area contributed by atoms with Crippen LogP contribution in [0.3, 0.4) is 0 Å². The largest absolute Gasteiger partial charge is 0.465 e. The van der Waals surface area contributed by atoms with E-state index < -0.39 is 0 Å². The summed E-state index contributed by atoms with van der Waals surface area (Å²) in [6, 6.07) is 3.90. The van der Waals surface area contributed by atoms with Gasteiger partial charge in [0, 0.05) is 19.6 Å². The third-order valence-corrected chi connectivity index (χ3v) is 4.44. The van der Waals surface area contributed by atoms with Crippen LogP contribution in [-0.4, -0.2) is 58.8 Å². The number of nitrogens with one attached hydrogen (secondary N) is 2. The van der Waals surface area contributed by atoms with Crippen molar-refractivity contribution in [1.82, 2.24) is 25.4 Å². The lowest BCUT2D eigenvalue weighted by atomic mass is 9.90. The molecule has 1 aliphatic heterocycles. The number of likely N-dealkylation sites (tertiary alicyclic amines) is 1. The van der Waals surface area contributed by atoms with Gasteiger partial charge < -0.3 is 14.5 Å². The number of piperidine rings is 1. The van der Waals surface area contributed by atoms with Gasteiger partial charge in [0.15, 0.2) is 5.82 Å². The van der Waals surface area contributed by atoms with Crippen LogP contribution >= 0.6 is 0 Å². The number of furan rings is 1. The number of aromatic nitrogens is 3. The average Bonchev–Trinajstić information content (AvgIpc) is 3.16. The van der Waals surface area contributed by atoms with Crippen molar-refractivity contribution >= 4 is 5.91 Å². The van der Waals surface area contributed by atoms with Crippen molar-refractivity contribution in [3.63, 3.8) is 0 Å². The van der Waals surface area contributed by atoms with E-state index in [4.69, 9.17) is 9.15 Å². The molecule has 2 aromatic heterocycles. The summed E-state index contributed by atoms with van der Waals surface area (Å²) in [6.07, 6.45) is 0.870. The van der Waals surface area contributed by atoms with Gasteiger partial charge in [-0.1, -0.05) is 0 Å². The Morgan fingerprint density at radius 1 is 1.48 bits per heavy atom. The topological polar surface area (TPSA) is 96.3 Å². The molecule has 136 valence electrons. The van der Waals surface area contributed by atoms with Gasteiger partial charge in [-0.15, -0.1) is 0 Å². The third-order valence-electron chi connectivity index (χ3n) is 4.44. The fourth-order valence-electron chi connectivity index (χ4n) is 3.31. The minimum Gasteiger partial charge on any atom is -0.465 e. The van der Waals surface area contributed by atoms with Crippen molar-refractivity contribution in [1.29, 1.82) is 0 Å². The highest BCUT2D eigenvalue weighted by molar-refractivity contribution is 5.77. The first-order valence-corrected chi connectivity index (χ1v) is 8.50. The Morgan fingerprint density at radius 2 is 2.32 bits per heavy atom. The van der Waals surface area contributed by atoms with Gasteiger partial charge in [0.1, 0.15) is 24.0 Å². The van der Waals surface area contributed by atoms with Crippen molar-refractivity contribution in [2.45, 2.75) is 38.8 Å². The molecule has 1 aliphatic rings. The molecular weight excluding hydrogens is 322 g/mol. The molecule has 8 nitrogen and oxygen atoms in total. The number of H-pyrrole nitrogens is 1. The van der Waals surface area contributed by atoms with Gasteiger partial charge >= 0.3 is 0 Å². The zero-order valence-electron chi connectivity index (χ0n) is 14.9. The van der Waals surface area contributed by atoms with E-state index >= 15 is 0 Å². The predicted molar refractivity (Wildman–Crippen MR) is 91.0 cm³/mol. The van der Waals surface area contributed by atoms with Crippen LogP contribution in [0.25, 0.3) is 0 Å². The van der Waals surface area contributed by atoms with E-state index in [1.54, 1.807) is 0 Å². The van der Waals surface area contributed by atoms with E-state index in [0.717, 1.165) is 42.7 Å². The molecule has 0 saturated carbocycles. The summed E-state index contributed by atoms with van der Waals surface area (Å²) in [5.41, 5.74) is 0. The lowest BCUT2D eigenvalue weighted by Gasteiger charge is -2.37. The van der Waals surface area contributed by atoms with E-state index in [9.17, 15) is 4.79 Å². The van der Waals surface area contributed by atoms with Crippen LogP contribution in [-0.2, 0) is 16.1 Å². The third kappa shape index (κ3) is 4.46. The van der Waals surface area contributed by atoms with Crippen molar-refractivity contribution in [2.75, 3.05) is 26.8 Å². The summed E-state index contributed by atoms with van der Waals surface area (Å²) in [6.45, 7) is 6.21. The molecule has 1 fully saturated rings. The number of carbonyl (C=O) groups is 1. The highest BCUT2D eigenvalue weighted by Gasteiger charge is 2.34. The van der Waals surface area contributed by atoms with Crippen LogP contribution in [0.15, 0.2) is 16.5 Å². The summed E-state index contributed by atoms with van der Waals surface area (Å²) in [5.74, 6) is 3.35. The van der Waals surface area contributed by atoms with Gasteiger partial charge in [0.05, 0.1) is 12.6 Å². The second-order valence-corrected chi connectivity index (χ2v) is 6.53. The lowest BCUT2D eigenvalue weighted by Crippen LogP contribution is -2.52. The van der Waals surface area contributed by atoms with Crippen LogP contribution in [0.2, 0.25) is 0 Å². The van der Waals surface area contributed by atoms with Crippen molar-refractivity contribution in [2.24, 2.45) is 0 Å². The number of nitrogens with zero attached hydrogens (tertiary/aromatic N) is 3.